The van der Waals surface area contributed by atoms with Crippen LogP contribution in [-0.4, -0.2) is 14.7 Å². The molecule has 0 spiro atoms. The van der Waals surface area contributed by atoms with Crippen molar-refractivity contribution in [2.75, 3.05) is 6.26 Å². The number of halogens is 2. The summed E-state index contributed by atoms with van der Waals surface area (Å²) in [6.45, 7) is 0. The van der Waals surface area contributed by atoms with E-state index in [1.165, 1.54) is 18.2 Å². The van der Waals surface area contributed by atoms with Gasteiger partial charge in [0, 0.05) is 12.3 Å². The summed E-state index contributed by atoms with van der Waals surface area (Å²) < 4.78 is 49.1. The molecule has 0 aliphatic rings. The topological polar surface area (TPSA) is 60.2 Å². The highest BCUT2D eigenvalue weighted by atomic mass is 32.2. The molecule has 2 rings (SSSR count). The van der Waals surface area contributed by atoms with E-state index in [1.54, 1.807) is 12.1 Å². The molecule has 0 saturated carbocycles. The fraction of sp³-hybridized carbons (Fsp3) is 0.200. The summed E-state index contributed by atoms with van der Waals surface area (Å²) in [5.41, 5.74) is 7.19. The molecule has 0 aliphatic carbocycles. The molecule has 0 saturated heterocycles. The molecule has 0 bridgehead atoms. The molecular formula is C15H15F2NO2S. The van der Waals surface area contributed by atoms with Gasteiger partial charge in [-0.05, 0) is 41.8 Å². The van der Waals surface area contributed by atoms with E-state index in [1.807, 2.05) is 0 Å². The second-order valence-corrected chi connectivity index (χ2v) is 6.92. The summed E-state index contributed by atoms with van der Waals surface area (Å²) in [5, 5.41) is 0. The van der Waals surface area contributed by atoms with E-state index < -0.39 is 27.5 Å². The summed E-state index contributed by atoms with van der Waals surface area (Å²) in [4.78, 5) is 0.181. The average Bonchev–Trinajstić information content (AvgIpc) is 2.42. The van der Waals surface area contributed by atoms with Crippen molar-refractivity contribution in [1.82, 2.24) is 0 Å². The van der Waals surface area contributed by atoms with Crippen LogP contribution in [-0.2, 0) is 16.3 Å². The second kappa shape index (κ2) is 5.91. The minimum absolute atomic E-state index is 0.181. The first-order valence-electron chi connectivity index (χ1n) is 6.27. The van der Waals surface area contributed by atoms with Gasteiger partial charge in [-0.15, -0.1) is 0 Å². The SMILES string of the molecule is CS(=O)(=O)c1cccc(C(N)Cc2ccc(F)c(F)c2)c1. The maximum absolute atomic E-state index is 13.2. The van der Waals surface area contributed by atoms with Crippen LogP contribution < -0.4 is 5.73 Å². The maximum Gasteiger partial charge on any atom is 0.175 e. The van der Waals surface area contributed by atoms with Crippen LogP contribution in [0.15, 0.2) is 47.4 Å². The third-order valence-electron chi connectivity index (χ3n) is 3.15. The van der Waals surface area contributed by atoms with Crippen molar-refractivity contribution >= 4 is 9.84 Å². The molecule has 0 radical (unpaired) electrons. The lowest BCUT2D eigenvalue weighted by Crippen LogP contribution is -2.14. The number of rotatable bonds is 4. The van der Waals surface area contributed by atoms with Crippen LogP contribution in [0.4, 0.5) is 8.78 Å². The van der Waals surface area contributed by atoms with Crippen LogP contribution in [0.5, 0.6) is 0 Å². The van der Waals surface area contributed by atoms with Crippen LogP contribution in [0.1, 0.15) is 17.2 Å². The van der Waals surface area contributed by atoms with Crippen LogP contribution >= 0.6 is 0 Å². The Morgan fingerprint density at radius 2 is 1.81 bits per heavy atom. The standard InChI is InChI=1S/C15H15F2NO2S/c1-21(19,20)12-4-2-3-11(9-12)15(18)8-10-5-6-13(16)14(17)7-10/h2-7,9,15H,8,18H2,1H3. The third kappa shape index (κ3) is 3.86. The molecule has 2 aromatic rings. The average molecular weight is 311 g/mol. The minimum atomic E-state index is -3.31. The molecule has 0 aliphatic heterocycles. The fourth-order valence-electron chi connectivity index (χ4n) is 2.01. The predicted molar refractivity (Wildman–Crippen MR) is 76.5 cm³/mol. The number of sulfone groups is 1. The van der Waals surface area contributed by atoms with Gasteiger partial charge in [0.2, 0.25) is 0 Å². The first kappa shape index (κ1) is 15.6. The Bertz CT molecular complexity index is 760. The van der Waals surface area contributed by atoms with Gasteiger partial charge in [0.15, 0.2) is 21.5 Å². The fourth-order valence-corrected chi connectivity index (χ4v) is 2.69. The molecular weight excluding hydrogens is 296 g/mol. The lowest BCUT2D eigenvalue weighted by atomic mass is 10.00. The first-order chi connectivity index (χ1) is 9.77. The van der Waals surface area contributed by atoms with Gasteiger partial charge >= 0.3 is 0 Å². The Morgan fingerprint density at radius 1 is 1.10 bits per heavy atom. The molecule has 2 aromatic carbocycles. The zero-order chi connectivity index (χ0) is 15.6. The van der Waals surface area contributed by atoms with Crippen LogP contribution in [0.25, 0.3) is 0 Å². The van der Waals surface area contributed by atoms with Gasteiger partial charge in [0.1, 0.15) is 0 Å². The summed E-state index contributed by atoms with van der Waals surface area (Å²) >= 11 is 0. The molecule has 3 nitrogen and oxygen atoms in total. The zero-order valence-corrected chi connectivity index (χ0v) is 12.2. The molecule has 6 heteroatoms. The van der Waals surface area contributed by atoms with E-state index in [2.05, 4.69) is 0 Å². The third-order valence-corrected chi connectivity index (χ3v) is 4.26. The van der Waals surface area contributed by atoms with Gasteiger partial charge in [-0.1, -0.05) is 18.2 Å². The summed E-state index contributed by atoms with van der Waals surface area (Å²) in [6, 6.07) is 9.40. The van der Waals surface area contributed by atoms with Crippen molar-refractivity contribution in [3.05, 3.63) is 65.2 Å². The molecule has 0 aromatic heterocycles. The summed E-state index contributed by atoms with van der Waals surface area (Å²) in [5.74, 6) is -1.84. The van der Waals surface area contributed by atoms with Crippen molar-refractivity contribution in [2.24, 2.45) is 5.73 Å². The van der Waals surface area contributed by atoms with Gasteiger partial charge in [-0.25, -0.2) is 17.2 Å². The number of benzene rings is 2. The summed E-state index contributed by atoms with van der Waals surface area (Å²) in [6.07, 6.45) is 1.40. The molecule has 1 atom stereocenters. The van der Waals surface area contributed by atoms with Crippen LogP contribution in [0.2, 0.25) is 0 Å². The van der Waals surface area contributed by atoms with Gasteiger partial charge in [-0.2, -0.15) is 0 Å². The molecule has 0 amide bonds. The Hall–Kier alpha value is -1.79. The van der Waals surface area contributed by atoms with Gasteiger partial charge in [-0.3, -0.25) is 0 Å². The largest absolute Gasteiger partial charge is 0.324 e. The molecule has 21 heavy (non-hydrogen) atoms. The maximum atomic E-state index is 13.2. The van der Waals surface area contributed by atoms with Crippen LogP contribution in [0, 0.1) is 11.6 Å². The number of hydrogen-bond acceptors (Lipinski definition) is 3. The zero-order valence-electron chi connectivity index (χ0n) is 11.4. The minimum Gasteiger partial charge on any atom is -0.324 e. The predicted octanol–water partition coefficient (Wildman–Crippen LogP) is 2.61. The quantitative estimate of drug-likeness (QED) is 0.944. The molecule has 2 N–H and O–H groups in total. The van der Waals surface area contributed by atoms with E-state index in [-0.39, 0.29) is 11.3 Å². The van der Waals surface area contributed by atoms with E-state index in [0.717, 1.165) is 18.4 Å². The van der Waals surface area contributed by atoms with E-state index in [4.69, 9.17) is 5.73 Å². The van der Waals surface area contributed by atoms with E-state index in [9.17, 15) is 17.2 Å². The summed E-state index contributed by atoms with van der Waals surface area (Å²) in [7, 11) is -3.31. The highest BCUT2D eigenvalue weighted by molar-refractivity contribution is 7.90. The lowest BCUT2D eigenvalue weighted by Gasteiger charge is -2.13. The lowest BCUT2D eigenvalue weighted by molar-refractivity contribution is 0.506. The van der Waals surface area contributed by atoms with Crippen molar-refractivity contribution < 1.29 is 17.2 Å². The van der Waals surface area contributed by atoms with Gasteiger partial charge < -0.3 is 5.73 Å². The van der Waals surface area contributed by atoms with Crippen molar-refractivity contribution in [2.45, 2.75) is 17.4 Å². The van der Waals surface area contributed by atoms with Crippen LogP contribution in [0.3, 0.4) is 0 Å². The molecule has 112 valence electrons. The Labute approximate surface area is 122 Å². The monoisotopic (exact) mass is 311 g/mol. The van der Waals surface area contributed by atoms with Crippen molar-refractivity contribution in [3.63, 3.8) is 0 Å². The molecule has 1 unspecified atom stereocenters. The second-order valence-electron chi connectivity index (χ2n) is 4.90. The van der Waals surface area contributed by atoms with Gasteiger partial charge in [0.05, 0.1) is 4.90 Å². The smallest absolute Gasteiger partial charge is 0.175 e. The highest BCUT2D eigenvalue weighted by Crippen LogP contribution is 2.20. The Balaban J connectivity index is 2.24. The van der Waals surface area contributed by atoms with Gasteiger partial charge in [0.25, 0.3) is 0 Å². The Kier molecular flexibility index (Phi) is 4.39. The molecule has 0 fully saturated rings. The van der Waals surface area contributed by atoms with Crippen molar-refractivity contribution in [3.8, 4) is 0 Å². The first-order valence-corrected chi connectivity index (χ1v) is 8.16. The number of hydrogen-bond donors (Lipinski definition) is 1. The van der Waals surface area contributed by atoms with E-state index >= 15 is 0 Å². The highest BCUT2D eigenvalue weighted by Gasteiger charge is 2.13. The normalized spacial score (nSPS) is 13.1. The Morgan fingerprint density at radius 3 is 2.43 bits per heavy atom. The van der Waals surface area contributed by atoms with E-state index in [0.29, 0.717) is 11.1 Å². The number of nitrogens with two attached hydrogens (primary N) is 1. The van der Waals surface area contributed by atoms with Crippen molar-refractivity contribution in [1.29, 1.82) is 0 Å². The molecule has 0 heterocycles.